The van der Waals surface area contributed by atoms with E-state index in [2.05, 4.69) is 24.1 Å². The van der Waals surface area contributed by atoms with Gasteiger partial charge in [0, 0.05) is 24.7 Å². The van der Waals surface area contributed by atoms with E-state index in [0.717, 1.165) is 19.0 Å². The molecule has 0 aliphatic carbocycles. The van der Waals surface area contributed by atoms with Gasteiger partial charge in [0.1, 0.15) is 0 Å². The third kappa shape index (κ3) is 2.51. The second-order valence-corrected chi connectivity index (χ2v) is 5.87. The largest absolute Gasteiger partial charge is 0.329 e. The SMILES string of the molecule is CCC(CC)CNC1(CN)CCN2CCCC21. The van der Waals surface area contributed by atoms with Crippen LogP contribution in [0.4, 0.5) is 0 Å². The molecular formula is C14H29N3. The lowest BCUT2D eigenvalue weighted by atomic mass is 9.87. The molecule has 0 spiro atoms. The maximum atomic E-state index is 6.10. The third-order valence-corrected chi connectivity index (χ3v) is 5.11. The van der Waals surface area contributed by atoms with E-state index in [4.69, 9.17) is 5.73 Å². The monoisotopic (exact) mass is 239 g/mol. The van der Waals surface area contributed by atoms with Crippen LogP contribution in [0.5, 0.6) is 0 Å². The zero-order chi connectivity index (χ0) is 12.3. The van der Waals surface area contributed by atoms with Gasteiger partial charge in [-0.1, -0.05) is 26.7 Å². The summed E-state index contributed by atoms with van der Waals surface area (Å²) >= 11 is 0. The molecule has 2 fully saturated rings. The maximum Gasteiger partial charge on any atom is 0.0473 e. The molecule has 2 atom stereocenters. The lowest BCUT2D eigenvalue weighted by Crippen LogP contribution is -2.58. The Bertz CT molecular complexity index is 240. The van der Waals surface area contributed by atoms with Gasteiger partial charge in [0.15, 0.2) is 0 Å². The summed E-state index contributed by atoms with van der Waals surface area (Å²) in [5.74, 6) is 0.814. The molecule has 2 rings (SSSR count). The fourth-order valence-corrected chi connectivity index (χ4v) is 3.67. The standard InChI is InChI=1S/C14H29N3/c1-3-12(4-2)10-16-14(11-15)7-9-17-8-5-6-13(14)17/h12-13,16H,3-11,15H2,1-2H3. The summed E-state index contributed by atoms with van der Waals surface area (Å²) in [6, 6.07) is 0.710. The molecule has 17 heavy (non-hydrogen) atoms. The number of hydrogen-bond donors (Lipinski definition) is 2. The Morgan fingerprint density at radius 1 is 1.35 bits per heavy atom. The van der Waals surface area contributed by atoms with Gasteiger partial charge in [-0.3, -0.25) is 4.90 Å². The molecule has 2 heterocycles. The highest BCUT2D eigenvalue weighted by Crippen LogP contribution is 2.35. The van der Waals surface area contributed by atoms with Crippen molar-refractivity contribution in [2.45, 2.75) is 57.5 Å². The molecule has 0 bridgehead atoms. The predicted octanol–water partition coefficient (Wildman–Crippen LogP) is 1.58. The van der Waals surface area contributed by atoms with Gasteiger partial charge in [0.05, 0.1) is 0 Å². The molecule has 0 amide bonds. The summed E-state index contributed by atoms with van der Waals surface area (Å²) in [7, 11) is 0. The summed E-state index contributed by atoms with van der Waals surface area (Å²) in [4.78, 5) is 2.65. The molecule has 3 N–H and O–H groups in total. The second-order valence-electron chi connectivity index (χ2n) is 5.87. The zero-order valence-corrected chi connectivity index (χ0v) is 11.5. The first-order chi connectivity index (χ1) is 8.25. The molecule has 0 saturated carbocycles. The normalized spacial score (nSPS) is 33.5. The van der Waals surface area contributed by atoms with E-state index in [0.29, 0.717) is 6.04 Å². The van der Waals surface area contributed by atoms with E-state index in [-0.39, 0.29) is 5.54 Å². The molecule has 2 saturated heterocycles. The minimum absolute atomic E-state index is 0.221. The quantitative estimate of drug-likeness (QED) is 0.739. The first kappa shape index (κ1) is 13.3. The summed E-state index contributed by atoms with van der Waals surface area (Å²) in [6.07, 6.45) is 6.50. The predicted molar refractivity (Wildman–Crippen MR) is 73.1 cm³/mol. The van der Waals surface area contributed by atoms with Crippen LogP contribution in [0.15, 0.2) is 0 Å². The molecule has 3 heteroatoms. The van der Waals surface area contributed by atoms with Crippen LogP contribution in [-0.4, -0.2) is 42.7 Å². The van der Waals surface area contributed by atoms with Gasteiger partial charge < -0.3 is 11.1 Å². The van der Waals surface area contributed by atoms with Crippen LogP contribution in [0.25, 0.3) is 0 Å². The van der Waals surface area contributed by atoms with Crippen molar-refractivity contribution in [3.63, 3.8) is 0 Å². The Hall–Kier alpha value is -0.120. The lowest BCUT2D eigenvalue weighted by molar-refractivity contribution is 0.218. The number of nitrogens with one attached hydrogen (secondary N) is 1. The van der Waals surface area contributed by atoms with Crippen LogP contribution < -0.4 is 11.1 Å². The minimum atomic E-state index is 0.221. The fraction of sp³-hybridized carbons (Fsp3) is 1.00. The summed E-state index contributed by atoms with van der Waals surface area (Å²) in [6.45, 7) is 9.07. The maximum absolute atomic E-state index is 6.10. The first-order valence-electron chi connectivity index (χ1n) is 7.45. The molecule has 2 unspecified atom stereocenters. The fourth-order valence-electron chi connectivity index (χ4n) is 3.67. The van der Waals surface area contributed by atoms with Crippen LogP contribution in [0.2, 0.25) is 0 Å². The lowest BCUT2D eigenvalue weighted by Gasteiger charge is -2.36. The Morgan fingerprint density at radius 3 is 2.76 bits per heavy atom. The molecule has 0 aromatic rings. The van der Waals surface area contributed by atoms with E-state index in [1.54, 1.807) is 0 Å². The van der Waals surface area contributed by atoms with Crippen molar-refractivity contribution in [1.82, 2.24) is 10.2 Å². The number of nitrogens with two attached hydrogens (primary N) is 1. The van der Waals surface area contributed by atoms with Gasteiger partial charge in [-0.05, 0) is 38.3 Å². The van der Waals surface area contributed by atoms with Crippen molar-refractivity contribution in [2.75, 3.05) is 26.2 Å². The number of hydrogen-bond acceptors (Lipinski definition) is 3. The van der Waals surface area contributed by atoms with Gasteiger partial charge in [-0.15, -0.1) is 0 Å². The van der Waals surface area contributed by atoms with Crippen molar-refractivity contribution in [1.29, 1.82) is 0 Å². The smallest absolute Gasteiger partial charge is 0.0473 e. The Kier molecular flexibility index (Phi) is 4.45. The molecular weight excluding hydrogens is 210 g/mol. The second kappa shape index (κ2) is 5.68. The van der Waals surface area contributed by atoms with E-state index >= 15 is 0 Å². The van der Waals surface area contributed by atoms with Crippen LogP contribution in [0, 0.1) is 5.92 Å². The molecule has 3 nitrogen and oxygen atoms in total. The number of rotatable bonds is 6. The van der Waals surface area contributed by atoms with Gasteiger partial charge in [0.2, 0.25) is 0 Å². The molecule has 0 radical (unpaired) electrons. The summed E-state index contributed by atoms with van der Waals surface area (Å²) < 4.78 is 0. The number of nitrogens with zero attached hydrogens (tertiary/aromatic N) is 1. The zero-order valence-electron chi connectivity index (χ0n) is 11.5. The van der Waals surface area contributed by atoms with Gasteiger partial charge in [-0.25, -0.2) is 0 Å². The Balaban J connectivity index is 1.95. The van der Waals surface area contributed by atoms with Crippen LogP contribution in [-0.2, 0) is 0 Å². The van der Waals surface area contributed by atoms with Crippen LogP contribution in [0.1, 0.15) is 46.0 Å². The highest BCUT2D eigenvalue weighted by atomic mass is 15.3. The molecule has 2 aliphatic heterocycles. The van der Waals surface area contributed by atoms with Crippen molar-refractivity contribution in [2.24, 2.45) is 11.7 Å². The van der Waals surface area contributed by atoms with Gasteiger partial charge in [-0.2, -0.15) is 0 Å². The highest BCUT2D eigenvalue weighted by Gasteiger charge is 2.47. The van der Waals surface area contributed by atoms with Crippen molar-refractivity contribution < 1.29 is 0 Å². The van der Waals surface area contributed by atoms with Crippen molar-refractivity contribution >= 4 is 0 Å². The topological polar surface area (TPSA) is 41.3 Å². The van der Waals surface area contributed by atoms with Crippen molar-refractivity contribution in [3.05, 3.63) is 0 Å². The molecule has 100 valence electrons. The highest BCUT2D eigenvalue weighted by molar-refractivity contribution is 5.08. The number of fused-ring (bicyclic) bond motifs is 1. The third-order valence-electron chi connectivity index (χ3n) is 5.11. The van der Waals surface area contributed by atoms with Gasteiger partial charge in [0.25, 0.3) is 0 Å². The average molecular weight is 239 g/mol. The molecule has 2 aliphatic rings. The minimum Gasteiger partial charge on any atom is -0.329 e. The summed E-state index contributed by atoms with van der Waals surface area (Å²) in [5.41, 5.74) is 6.33. The van der Waals surface area contributed by atoms with E-state index < -0.39 is 0 Å². The van der Waals surface area contributed by atoms with E-state index in [1.807, 2.05) is 0 Å². The van der Waals surface area contributed by atoms with E-state index in [1.165, 1.54) is 45.2 Å². The van der Waals surface area contributed by atoms with Crippen molar-refractivity contribution in [3.8, 4) is 0 Å². The molecule has 0 aromatic carbocycles. The van der Waals surface area contributed by atoms with E-state index in [9.17, 15) is 0 Å². The van der Waals surface area contributed by atoms with Gasteiger partial charge >= 0.3 is 0 Å². The Labute approximate surface area is 106 Å². The average Bonchev–Trinajstić information content (AvgIpc) is 2.94. The first-order valence-corrected chi connectivity index (χ1v) is 7.45. The summed E-state index contributed by atoms with van der Waals surface area (Å²) in [5, 5.41) is 3.85. The van der Waals surface area contributed by atoms with Crippen LogP contribution >= 0.6 is 0 Å². The molecule has 0 aromatic heterocycles. The Morgan fingerprint density at radius 2 is 2.12 bits per heavy atom. The van der Waals surface area contributed by atoms with Crippen LogP contribution in [0.3, 0.4) is 0 Å².